The molecular weight excluding hydrogens is 268 g/mol. The van der Waals surface area contributed by atoms with Crippen LogP contribution in [0.3, 0.4) is 0 Å². The number of aromatic amines is 1. The first kappa shape index (κ1) is 12.7. The number of hydrogen-bond donors (Lipinski definition) is 3. The Morgan fingerprint density at radius 1 is 1.29 bits per heavy atom. The number of nitrogens with zero attached hydrogens (tertiary/aromatic N) is 2. The third kappa shape index (κ3) is 2.53. The van der Waals surface area contributed by atoms with Crippen molar-refractivity contribution in [3.63, 3.8) is 0 Å². The Bertz CT molecular complexity index is 877. The molecule has 0 unspecified atom stereocenters. The highest BCUT2D eigenvalue weighted by molar-refractivity contribution is 5.92. The summed E-state index contributed by atoms with van der Waals surface area (Å²) in [5.41, 5.74) is 2.77. The molecule has 2 aromatic carbocycles. The van der Waals surface area contributed by atoms with Crippen LogP contribution in [0.1, 0.15) is 15.9 Å². The molecule has 1 aromatic heterocycles. The second-order valence-corrected chi connectivity index (χ2v) is 4.44. The Balaban J connectivity index is 1.94. The number of anilines is 2. The lowest BCUT2D eigenvalue weighted by atomic mass is 10.2. The van der Waals surface area contributed by atoms with E-state index in [9.17, 15) is 4.79 Å². The maximum absolute atomic E-state index is 10.9. The fourth-order valence-electron chi connectivity index (χ4n) is 2.01. The van der Waals surface area contributed by atoms with Crippen molar-refractivity contribution in [3.05, 3.63) is 53.6 Å². The molecule has 0 aliphatic heterocycles. The van der Waals surface area contributed by atoms with Crippen molar-refractivity contribution in [2.75, 3.05) is 5.32 Å². The van der Waals surface area contributed by atoms with Crippen LogP contribution >= 0.6 is 0 Å². The van der Waals surface area contributed by atoms with Crippen LogP contribution in [0.15, 0.2) is 42.5 Å². The first-order valence-corrected chi connectivity index (χ1v) is 6.16. The highest BCUT2D eigenvalue weighted by Crippen LogP contribution is 2.20. The molecule has 0 bridgehead atoms. The normalized spacial score (nSPS) is 10.2. The Hall–Kier alpha value is -3.33. The van der Waals surface area contributed by atoms with Gasteiger partial charge in [0.2, 0.25) is 5.95 Å². The summed E-state index contributed by atoms with van der Waals surface area (Å²) in [5, 5.41) is 20.9. The summed E-state index contributed by atoms with van der Waals surface area (Å²) >= 11 is 0. The SMILES string of the molecule is N#Cc1cccc(Nc2nc3ccc(C(=O)O)cc3[nH]2)c1. The van der Waals surface area contributed by atoms with Crippen molar-refractivity contribution in [2.45, 2.75) is 0 Å². The van der Waals surface area contributed by atoms with Crippen molar-refractivity contribution in [1.29, 1.82) is 5.26 Å². The monoisotopic (exact) mass is 278 g/mol. The van der Waals surface area contributed by atoms with E-state index in [-0.39, 0.29) is 5.56 Å². The zero-order valence-electron chi connectivity index (χ0n) is 10.8. The van der Waals surface area contributed by atoms with E-state index in [1.807, 2.05) is 6.07 Å². The Labute approximate surface area is 119 Å². The predicted octanol–water partition coefficient (Wildman–Crippen LogP) is 2.88. The lowest BCUT2D eigenvalue weighted by Gasteiger charge is -2.01. The van der Waals surface area contributed by atoms with Crippen LogP contribution in [0, 0.1) is 11.3 Å². The third-order valence-electron chi connectivity index (χ3n) is 2.98. The number of imidazole rings is 1. The molecule has 0 radical (unpaired) electrons. The molecule has 0 fully saturated rings. The number of fused-ring (bicyclic) bond motifs is 1. The van der Waals surface area contributed by atoms with Gasteiger partial charge in [-0.25, -0.2) is 9.78 Å². The van der Waals surface area contributed by atoms with E-state index in [0.29, 0.717) is 22.5 Å². The van der Waals surface area contributed by atoms with Crippen LogP contribution < -0.4 is 5.32 Å². The Morgan fingerprint density at radius 2 is 2.14 bits per heavy atom. The summed E-state index contributed by atoms with van der Waals surface area (Å²) in [6, 6.07) is 13.7. The zero-order valence-corrected chi connectivity index (χ0v) is 10.8. The van der Waals surface area contributed by atoms with Gasteiger partial charge in [0.25, 0.3) is 0 Å². The van der Waals surface area contributed by atoms with E-state index in [1.165, 1.54) is 12.1 Å². The number of carboxylic acid groups (broad SMARTS) is 1. The standard InChI is InChI=1S/C15H10N4O2/c16-8-9-2-1-3-11(6-9)17-15-18-12-5-4-10(14(20)21)7-13(12)19-15/h1-7H,(H,20,21)(H2,17,18,19). The Kier molecular flexibility index (Phi) is 3.01. The number of carbonyl (C=O) groups is 1. The number of hydrogen-bond acceptors (Lipinski definition) is 4. The molecule has 0 saturated carbocycles. The quantitative estimate of drug-likeness (QED) is 0.683. The van der Waals surface area contributed by atoms with Crippen molar-refractivity contribution in [2.24, 2.45) is 0 Å². The van der Waals surface area contributed by atoms with Gasteiger partial charge in [-0.3, -0.25) is 0 Å². The fourth-order valence-corrected chi connectivity index (χ4v) is 2.01. The number of aromatic carboxylic acids is 1. The number of nitriles is 1. The molecule has 0 aliphatic rings. The summed E-state index contributed by atoms with van der Waals surface area (Å²) in [7, 11) is 0. The largest absolute Gasteiger partial charge is 0.478 e. The van der Waals surface area contributed by atoms with Gasteiger partial charge in [0, 0.05) is 5.69 Å². The molecule has 0 saturated heterocycles. The van der Waals surface area contributed by atoms with Gasteiger partial charge >= 0.3 is 5.97 Å². The minimum Gasteiger partial charge on any atom is -0.478 e. The van der Waals surface area contributed by atoms with E-state index in [2.05, 4.69) is 21.4 Å². The molecule has 102 valence electrons. The van der Waals surface area contributed by atoms with Gasteiger partial charge in [-0.05, 0) is 36.4 Å². The van der Waals surface area contributed by atoms with E-state index in [4.69, 9.17) is 10.4 Å². The lowest BCUT2D eigenvalue weighted by Crippen LogP contribution is -1.94. The maximum Gasteiger partial charge on any atom is 0.335 e. The molecule has 6 heteroatoms. The van der Waals surface area contributed by atoms with Gasteiger partial charge in [0.05, 0.1) is 28.2 Å². The van der Waals surface area contributed by atoms with Crippen molar-refractivity contribution >= 4 is 28.6 Å². The van der Waals surface area contributed by atoms with E-state index < -0.39 is 5.97 Å². The number of rotatable bonds is 3. The highest BCUT2D eigenvalue weighted by atomic mass is 16.4. The van der Waals surface area contributed by atoms with Crippen LogP contribution in [0.4, 0.5) is 11.6 Å². The van der Waals surface area contributed by atoms with E-state index >= 15 is 0 Å². The molecule has 0 spiro atoms. The lowest BCUT2D eigenvalue weighted by molar-refractivity contribution is 0.0697. The Morgan fingerprint density at radius 3 is 2.90 bits per heavy atom. The molecule has 0 amide bonds. The van der Waals surface area contributed by atoms with E-state index in [1.54, 1.807) is 24.3 Å². The average Bonchev–Trinajstić information content (AvgIpc) is 2.88. The minimum atomic E-state index is -0.984. The topological polar surface area (TPSA) is 102 Å². The first-order chi connectivity index (χ1) is 10.2. The van der Waals surface area contributed by atoms with Crippen molar-refractivity contribution in [1.82, 2.24) is 9.97 Å². The summed E-state index contributed by atoms with van der Waals surface area (Å²) in [4.78, 5) is 18.3. The fraction of sp³-hybridized carbons (Fsp3) is 0. The summed E-state index contributed by atoms with van der Waals surface area (Å²) in [6.07, 6.45) is 0. The van der Waals surface area contributed by atoms with Gasteiger partial charge in [-0.1, -0.05) is 6.07 Å². The van der Waals surface area contributed by atoms with Gasteiger partial charge in [0.1, 0.15) is 0 Å². The number of nitrogens with one attached hydrogen (secondary N) is 2. The molecule has 3 rings (SSSR count). The minimum absolute atomic E-state index is 0.198. The summed E-state index contributed by atoms with van der Waals surface area (Å²) in [6.45, 7) is 0. The second kappa shape index (κ2) is 4.98. The molecule has 0 aliphatic carbocycles. The van der Waals surface area contributed by atoms with Gasteiger partial charge in [-0.15, -0.1) is 0 Å². The van der Waals surface area contributed by atoms with Crippen LogP contribution in [-0.4, -0.2) is 21.0 Å². The van der Waals surface area contributed by atoms with Gasteiger partial charge in [-0.2, -0.15) is 5.26 Å². The molecular formula is C15H10N4O2. The predicted molar refractivity (Wildman–Crippen MR) is 77.5 cm³/mol. The smallest absolute Gasteiger partial charge is 0.335 e. The molecule has 6 nitrogen and oxygen atoms in total. The maximum atomic E-state index is 10.9. The van der Waals surface area contributed by atoms with E-state index in [0.717, 1.165) is 5.69 Å². The van der Waals surface area contributed by atoms with Gasteiger partial charge < -0.3 is 15.4 Å². The van der Waals surface area contributed by atoms with Crippen LogP contribution in [-0.2, 0) is 0 Å². The van der Waals surface area contributed by atoms with Crippen LogP contribution in [0.25, 0.3) is 11.0 Å². The second-order valence-electron chi connectivity index (χ2n) is 4.44. The molecule has 3 N–H and O–H groups in total. The number of benzene rings is 2. The van der Waals surface area contributed by atoms with Gasteiger partial charge in [0.15, 0.2) is 0 Å². The third-order valence-corrected chi connectivity index (χ3v) is 2.98. The van der Waals surface area contributed by atoms with Crippen molar-refractivity contribution in [3.8, 4) is 6.07 Å². The summed E-state index contributed by atoms with van der Waals surface area (Å²) < 4.78 is 0. The molecule has 21 heavy (non-hydrogen) atoms. The van der Waals surface area contributed by atoms with Crippen molar-refractivity contribution < 1.29 is 9.90 Å². The van der Waals surface area contributed by atoms with Crippen LogP contribution in [0.5, 0.6) is 0 Å². The van der Waals surface area contributed by atoms with Crippen LogP contribution in [0.2, 0.25) is 0 Å². The molecule has 1 heterocycles. The number of carboxylic acids is 1. The number of aromatic nitrogens is 2. The highest BCUT2D eigenvalue weighted by Gasteiger charge is 2.07. The summed E-state index contributed by atoms with van der Waals surface area (Å²) in [5.74, 6) is -0.495. The zero-order chi connectivity index (χ0) is 14.8. The number of H-pyrrole nitrogens is 1. The first-order valence-electron chi connectivity index (χ1n) is 6.16. The molecule has 3 aromatic rings. The molecule has 0 atom stereocenters. The average molecular weight is 278 g/mol.